The van der Waals surface area contributed by atoms with E-state index < -0.39 is 11.6 Å². The highest BCUT2D eigenvalue weighted by molar-refractivity contribution is 5.86. The predicted octanol–water partition coefficient (Wildman–Crippen LogP) is 5.24. The molecule has 0 saturated heterocycles. The quantitative estimate of drug-likeness (QED) is 0.612. The van der Waals surface area contributed by atoms with Crippen molar-refractivity contribution in [3.8, 4) is 0 Å². The van der Waals surface area contributed by atoms with Gasteiger partial charge in [0.15, 0.2) is 0 Å². The molecule has 1 atom stereocenters. The fraction of sp³-hybridized carbons (Fsp3) is 0.391. The van der Waals surface area contributed by atoms with Gasteiger partial charge in [-0.2, -0.15) is 0 Å². The van der Waals surface area contributed by atoms with E-state index in [4.69, 9.17) is 0 Å². The van der Waals surface area contributed by atoms with Crippen LogP contribution in [0.5, 0.6) is 0 Å². The number of hydrogen-bond acceptors (Lipinski definition) is 1. The molecule has 0 saturated carbocycles. The number of nitrogens with zero attached hydrogens (tertiary/aromatic N) is 2. The zero-order valence-corrected chi connectivity index (χ0v) is 16.2. The summed E-state index contributed by atoms with van der Waals surface area (Å²) in [6.07, 6.45) is 1.70. The Bertz CT molecular complexity index is 972. The molecule has 1 aromatic heterocycles. The van der Waals surface area contributed by atoms with Gasteiger partial charge in [-0.3, -0.25) is 4.90 Å². The Kier molecular flexibility index (Phi) is 4.77. The first-order valence-corrected chi connectivity index (χ1v) is 9.76. The number of rotatable bonds is 4. The molecule has 4 rings (SSSR count). The fourth-order valence-electron chi connectivity index (χ4n) is 4.37. The Labute approximate surface area is 159 Å². The largest absolute Gasteiger partial charge is 0.341 e. The first-order chi connectivity index (χ1) is 13.0. The average molecular weight is 368 g/mol. The monoisotopic (exact) mass is 368 g/mol. The van der Waals surface area contributed by atoms with Gasteiger partial charge in [-0.15, -0.1) is 0 Å². The molecule has 0 aliphatic carbocycles. The van der Waals surface area contributed by atoms with Crippen LogP contribution in [0, 0.1) is 18.6 Å². The molecule has 0 fully saturated rings. The number of likely N-dealkylation sites (N-methyl/N-ethyl adjacent to an activating group) is 1. The van der Waals surface area contributed by atoms with Crippen LogP contribution in [0.15, 0.2) is 36.4 Å². The maximum absolute atomic E-state index is 14.8. The summed E-state index contributed by atoms with van der Waals surface area (Å²) >= 11 is 0. The summed E-state index contributed by atoms with van der Waals surface area (Å²) < 4.78 is 30.8. The summed E-state index contributed by atoms with van der Waals surface area (Å²) in [5.41, 5.74) is 5.28. The summed E-state index contributed by atoms with van der Waals surface area (Å²) in [7, 11) is 0. The Morgan fingerprint density at radius 2 is 1.85 bits per heavy atom. The SMILES string of the molecule is CCN1Cc2c(n(CCc3ccc(C)cc3)c3c(F)cc(F)cc23)CC1C. The van der Waals surface area contributed by atoms with Crippen LogP contribution in [-0.4, -0.2) is 22.1 Å². The van der Waals surface area contributed by atoms with Gasteiger partial charge in [0.05, 0.1) is 5.52 Å². The molecule has 0 bridgehead atoms. The van der Waals surface area contributed by atoms with Crippen molar-refractivity contribution in [3.63, 3.8) is 0 Å². The maximum atomic E-state index is 14.8. The minimum atomic E-state index is -0.500. The van der Waals surface area contributed by atoms with Crippen LogP contribution in [0.3, 0.4) is 0 Å². The highest BCUT2D eigenvalue weighted by Crippen LogP contribution is 2.35. The fourth-order valence-corrected chi connectivity index (χ4v) is 4.37. The second-order valence-corrected chi connectivity index (χ2v) is 7.71. The molecule has 27 heavy (non-hydrogen) atoms. The van der Waals surface area contributed by atoms with Gasteiger partial charge in [-0.05, 0) is 44.0 Å². The van der Waals surface area contributed by atoms with E-state index in [0.717, 1.165) is 42.9 Å². The Hall–Kier alpha value is -2.20. The smallest absolute Gasteiger partial charge is 0.150 e. The van der Waals surface area contributed by atoms with Gasteiger partial charge in [0.25, 0.3) is 0 Å². The van der Waals surface area contributed by atoms with Gasteiger partial charge >= 0.3 is 0 Å². The molecule has 2 nitrogen and oxygen atoms in total. The molecule has 2 aromatic carbocycles. The summed E-state index contributed by atoms with van der Waals surface area (Å²) in [5.74, 6) is -0.959. The second kappa shape index (κ2) is 7.08. The number of aromatic nitrogens is 1. The predicted molar refractivity (Wildman–Crippen MR) is 106 cm³/mol. The topological polar surface area (TPSA) is 8.17 Å². The Morgan fingerprint density at radius 1 is 1.11 bits per heavy atom. The lowest BCUT2D eigenvalue weighted by Gasteiger charge is -2.33. The van der Waals surface area contributed by atoms with Crippen molar-refractivity contribution in [2.24, 2.45) is 0 Å². The van der Waals surface area contributed by atoms with Crippen LogP contribution in [0.25, 0.3) is 10.9 Å². The van der Waals surface area contributed by atoms with Crippen LogP contribution < -0.4 is 0 Å². The lowest BCUT2D eigenvalue weighted by molar-refractivity contribution is 0.192. The molecule has 4 heteroatoms. The van der Waals surface area contributed by atoms with E-state index in [1.54, 1.807) is 0 Å². The molecule has 142 valence electrons. The van der Waals surface area contributed by atoms with Gasteiger partial charge < -0.3 is 4.57 Å². The second-order valence-electron chi connectivity index (χ2n) is 7.71. The third-order valence-electron chi connectivity index (χ3n) is 5.92. The van der Waals surface area contributed by atoms with Gasteiger partial charge in [-0.1, -0.05) is 36.8 Å². The summed E-state index contributed by atoms with van der Waals surface area (Å²) in [5, 5.41) is 0.733. The molecule has 1 unspecified atom stereocenters. The van der Waals surface area contributed by atoms with E-state index in [-0.39, 0.29) is 0 Å². The molecule has 0 amide bonds. The van der Waals surface area contributed by atoms with Gasteiger partial charge in [-0.25, -0.2) is 8.78 Å². The minimum absolute atomic E-state index is 0.401. The maximum Gasteiger partial charge on any atom is 0.150 e. The third kappa shape index (κ3) is 3.27. The van der Waals surface area contributed by atoms with E-state index in [1.165, 1.54) is 22.9 Å². The Morgan fingerprint density at radius 3 is 2.56 bits per heavy atom. The van der Waals surface area contributed by atoms with Gasteiger partial charge in [0, 0.05) is 42.7 Å². The van der Waals surface area contributed by atoms with E-state index in [9.17, 15) is 8.78 Å². The molecule has 3 aromatic rings. The van der Waals surface area contributed by atoms with Crippen LogP contribution in [0.1, 0.15) is 36.2 Å². The normalized spacial score (nSPS) is 17.4. The van der Waals surface area contributed by atoms with Gasteiger partial charge in [0.1, 0.15) is 11.6 Å². The number of benzene rings is 2. The van der Waals surface area contributed by atoms with Gasteiger partial charge in [0.2, 0.25) is 0 Å². The van der Waals surface area contributed by atoms with Crippen molar-refractivity contribution in [1.82, 2.24) is 9.47 Å². The number of fused-ring (bicyclic) bond motifs is 3. The van der Waals surface area contributed by atoms with Crippen LogP contribution in [0.4, 0.5) is 8.78 Å². The molecule has 1 aliphatic heterocycles. The first-order valence-electron chi connectivity index (χ1n) is 9.76. The molecule has 0 spiro atoms. The third-order valence-corrected chi connectivity index (χ3v) is 5.92. The molecule has 0 N–H and O–H groups in total. The molecular formula is C23H26F2N2. The van der Waals surface area contributed by atoms with Crippen LogP contribution in [-0.2, 0) is 25.9 Å². The van der Waals surface area contributed by atoms with Crippen LogP contribution >= 0.6 is 0 Å². The van der Waals surface area contributed by atoms with E-state index >= 15 is 0 Å². The molecular weight excluding hydrogens is 342 g/mol. The zero-order chi connectivity index (χ0) is 19.1. The van der Waals surface area contributed by atoms with Crippen molar-refractivity contribution < 1.29 is 8.78 Å². The van der Waals surface area contributed by atoms with Crippen LogP contribution in [0.2, 0.25) is 0 Å². The first kappa shape index (κ1) is 18.2. The lowest BCUT2D eigenvalue weighted by atomic mass is 9.99. The standard InChI is InChI=1S/C23H26F2N2/c1-4-26-14-20-19-12-18(24)13-21(25)23(19)27(22(20)11-16(26)3)10-9-17-7-5-15(2)6-8-17/h5-8,12-13,16H,4,9-11,14H2,1-3H3. The van der Waals surface area contributed by atoms with Crippen molar-refractivity contribution in [3.05, 3.63) is 70.4 Å². The Balaban J connectivity index is 1.79. The number of hydrogen-bond donors (Lipinski definition) is 0. The van der Waals surface area contributed by atoms with Crippen molar-refractivity contribution in [1.29, 1.82) is 0 Å². The minimum Gasteiger partial charge on any atom is -0.341 e. The average Bonchev–Trinajstić information content (AvgIpc) is 2.93. The summed E-state index contributed by atoms with van der Waals surface area (Å²) in [6.45, 7) is 8.82. The number of halogens is 2. The van der Waals surface area contributed by atoms with Crippen molar-refractivity contribution in [2.45, 2.75) is 52.7 Å². The highest BCUT2D eigenvalue weighted by atomic mass is 19.1. The zero-order valence-electron chi connectivity index (χ0n) is 16.2. The highest BCUT2D eigenvalue weighted by Gasteiger charge is 2.29. The van der Waals surface area contributed by atoms with Crippen molar-refractivity contribution >= 4 is 10.9 Å². The van der Waals surface area contributed by atoms with E-state index in [0.29, 0.717) is 18.1 Å². The lowest BCUT2D eigenvalue weighted by Crippen LogP contribution is -2.38. The molecule has 2 heterocycles. The summed E-state index contributed by atoms with van der Waals surface area (Å²) in [6, 6.07) is 11.4. The molecule has 0 radical (unpaired) electrons. The van der Waals surface area contributed by atoms with E-state index in [2.05, 4.69) is 54.5 Å². The summed E-state index contributed by atoms with van der Waals surface area (Å²) in [4.78, 5) is 2.37. The number of aryl methyl sites for hydroxylation is 3. The van der Waals surface area contributed by atoms with Crippen molar-refractivity contribution in [2.75, 3.05) is 6.54 Å². The van der Waals surface area contributed by atoms with E-state index in [1.807, 2.05) is 0 Å². The molecule has 1 aliphatic rings.